The van der Waals surface area contributed by atoms with Gasteiger partial charge in [-0.1, -0.05) is 18.5 Å². The molecule has 21 heavy (non-hydrogen) atoms. The number of hydrogen-bond acceptors (Lipinski definition) is 4. The van der Waals surface area contributed by atoms with Gasteiger partial charge in [0.2, 0.25) is 0 Å². The van der Waals surface area contributed by atoms with Crippen LogP contribution in [0, 0.1) is 16.0 Å². The number of carbonyl (C=O) groups is 1. The Kier molecular flexibility index (Phi) is 6.39. The lowest BCUT2D eigenvalue weighted by atomic mass is 9.94. The molecule has 8 heteroatoms. The number of hydrogen-bond donors (Lipinski definition) is 2. The SMILES string of the molecule is CC1CCNCC1NC(=O)c1ccc([N+](=O)[O-])cc1Cl.Cl. The van der Waals surface area contributed by atoms with Crippen LogP contribution < -0.4 is 10.6 Å². The van der Waals surface area contributed by atoms with Crippen LogP contribution in [-0.2, 0) is 0 Å². The minimum Gasteiger partial charge on any atom is -0.348 e. The van der Waals surface area contributed by atoms with Crippen molar-refractivity contribution in [2.75, 3.05) is 13.1 Å². The van der Waals surface area contributed by atoms with Gasteiger partial charge in [-0.2, -0.15) is 0 Å². The molecule has 1 aliphatic heterocycles. The van der Waals surface area contributed by atoms with E-state index in [0.29, 0.717) is 5.92 Å². The second kappa shape index (κ2) is 7.59. The summed E-state index contributed by atoms with van der Waals surface area (Å²) in [6, 6.07) is 3.90. The van der Waals surface area contributed by atoms with E-state index >= 15 is 0 Å². The molecule has 2 rings (SSSR count). The summed E-state index contributed by atoms with van der Waals surface area (Å²) in [6.07, 6.45) is 0.999. The van der Waals surface area contributed by atoms with E-state index in [1.807, 2.05) is 0 Å². The van der Waals surface area contributed by atoms with Gasteiger partial charge >= 0.3 is 0 Å². The monoisotopic (exact) mass is 333 g/mol. The van der Waals surface area contributed by atoms with Gasteiger partial charge in [-0.15, -0.1) is 12.4 Å². The molecular weight excluding hydrogens is 317 g/mol. The van der Waals surface area contributed by atoms with Crippen LogP contribution in [0.2, 0.25) is 5.02 Å². The summed E-state index contributed by atoms with van der Waals surface area (Å²) in [4.78, 5) is 22.3. The van der Waals surface area contributed by atoms with Gasteiger partial charge in [0, 0.05) is 24.7 Å². The fraction of sp³-hybridized carbons (Fsp3) is 0.462. The smallest absolute Gasteiger partial charge is 0.270 e. The number of nitro benzene ring substituents is 1. The van der Waals surface area contributed by atoms with Crippen molar-refractivity contribution in [1.82, 2.24) is 10.6 Å². The van der Waals surface area contributed by atoms with Crippen molar-refractivity contribution in [2.45, 2.75) is 19.4 Å². The maximum Gasteiger partial charge on any atom is 0.270 e. The Balaban J connectivity index is 0.00000220. The predicted molar refractivity (Wildman–Crippen MR) is 83.3 cm³/mol. The molecule has 0 saturated carbocycles. The summed E-state index contributed by atoms with van der Waals surface area (Å²) in [6.45, 7) is 3.76. The molecule has 1 fully saturated rings. The lowest BCUT2D eigenvalue weighted by molar-refractivity contribution is -0.384. The van der Waals surface area contributed by atoms with E-state index in [2.05, 4.69) is 17.6 Å². The highest BCUT2D eigenvalue weighted by molar-refractivity contribution is 6.34. The second-order valence-corrected chi connectivity index (χ2v) is 5.38. The second-order valence-electron chi connectivity index (χ2n) is 4.97. The van der Waals surface area contributed by atoms with Gasteiger partial charge in [0.05, 0.1) is 15.5 Å². The van der Waals surface area contributed by atoms with E-state index in [-0.39, 0.29) is 40.6 Å². The van der Waals surface area contributed by atoms with E-state index in [1.54, 1.807) is 0 Å². The maximum atomic E-state index is 12.2. The standard InChI is InChI=1S/C13H16ClN3O3.ClH/c1-8-4-5-15-7-12(8)16-13(18)10-3-2-9(17(19)20)6-11(10)14;/h2-3,6,8,12,15H,4-5,7H2,1H3,(H,16,18);1H. The van der Waals surface area contributed by atoms with Gasteiger partial charge in [-0.3, -0.25) is 14.9 Å². The van der Waals surface area contributed by atoms with Gasteiger partial charge in [-0.05, 0) is 24.9 Å². The summed E-state index contributed by atoms with van der Waals surface area (Å²) < 4.78 is 0. The Hall–Kier alpha value is -1.37. The summed E-state index contributed by atoms with van der Waals surface area (Å²) >= 11 is 5.94. The lowest BCUT2D eigenvalue weighted by Gasteiger charge is -2.30. The van der Waals surface area contributed by atoms with Crippen LogP contribution in [0.25, 0.3) is 0 Å². The number of amides is 1. The lowest BCUT2D eigenvalue weighted by Crippen LogP contribution is -2.50. The number of non-ortho nitro benzene ring substituents is 1. The Morgan fingerprint density at radius 1 is 1.52 bits per heavy atom. The predicted octanol–water partition coefficient (Wildman–Crippen LogP) is 2.40. The van der Waals surface area contributed by atoms with E-state index in [0.717, 1.165) is 19.5 Å². The highest BCUT2D eigenvalue weighted by Crippen LogP contribution is 2.23. The van der Waals surface area contributed by atoms with Crippen LogP contribution in [0.1, 0.15) is 23.7 Å². The van der Waals surface area contributed by atoms with E-state index in [9.17, 15) is 14.9 Å². The Morgan fingerprint density at radius 2 is 2.24 bits per heavy atom. The number of benzene rings is 1. The van der Waals surface area contributed by atoms with Crippen molar-refractivity contribution in [2.24, 2.45) is 5.92 Å². The molecule has 1 heterocycles. The van der Waals surface area contributed by atoms with Crippen molar-refractivity contribution < 1.29 is 9.72 Å². The van der Waals surface area contributed by atoms with Crippen molar-refractivity contribution in [3.8, 4) is 0 Å². The van der Waals surface area contributed by atoms with Gasteiger partial charge < -0.3 is 10.6 Å². The average molecular weight is 334 g/mol. The van der Waals surface area contributed by atoms with Crippen LogP contribution in [0.3, 0.4) is 0 Å². The van der Waals surface area contributed by atoms with Crippen molar-refractivity contribution in [3.63, 3.8) is 0 Å². The van der Waals surface area contributed by atoms with Gasteiger partial charge in [0.15, 0.2) is 0 Å². The minimum absolute atomic E-state index is 0. The fourth-order valence-corrected chi connectivity index (χ4v) is 2.49. The molecule has 1 aliphatic rings. The zero-order valence-electron chi connectivity index (χ0n) is 11.5. The van der Waals surface area contributed by atoms with Crippen LogP contribution in [0.15, 0.2) is 18.2 Å². The van der Waals surface area contributed by atoms with E-state index in [4.69, 9.17) is 11.6 Å². The number of nitro groups is 1. The van der Waals surface area contributed by atoms with Crippen LogP contribution in [-0.4, -0.2) is 30.0 Å². The Morgan fingerprint density at radius 3 is 2.81 bits per heavy atom. The van der Waals surface area contributed by atoms with Gasteiger partial charge in [0.1, 0.15) is 0 Å². The first-order valence-electron chi connectivity index (χ1n) is 6.44. The normalized spacial score (nSPS) is 21.2. The number of carbonyl (C=O) groups excluding carboxylic acids is 1. The summed E-state index contributed by atoms with van der Waals surface area (Å²) in [5.41, 5.74) is 0.134. The first-order valence-corrected chi connectivity index (χ1v) is 6.82. The zero-order valence-corrected chi connectivity index (χ0v) is 13.0. The number of nitrogens with one attached hydrogen (secondary N) is 2. The topological polar surface area (TPSA) is 84.3 Å². The quantitative estimate of drug-likeness (QED) is 0.657. The summed E-state index contributed by atoms with van der Waals surface area (Å²) in [7, 11) is 0. The third kappa shape index (κ3) is 4.30. The maximum absolute atomic E-state index is 12.2. The molecule has 6 nitrogen and oxygen atoms in total. The highest BCUT2D eigenvalue weighted by atomic mass is 35.5. The zero-order chi connectivity index (χ0) is 14.7. The largest absolute Gasteiger partial charge is 0.348 e. The third-order valence-corrected chi connectivity index (χ3v) is 3.86. The number of nitrogens with zero attached hydrogens (tertiary/aromatic N) is 1. The van der Waals surface area contributed by atoms with Crippen molar-refractivity contribution in [1.29, 1.82) is 0 Å². The molecule has 1 amide bonds. The first-order chi connectivity index (χ1) is 9.49. The third-order valence-electron chi connectivity index (χ3n) is 3.55. The molecule has 0 aliphatic carbocycles. The van der Waals surface area contributed by atoms with Crippen molar-refractivity contribution in [3.05, 3.63) is 38.9 Å². The molecule has 0 radical (unpaired) electrons. The number of halogens is 2. The first kappa shape index (κ1) is 17.7. The van der Waals surface area contributed by atoms with Crippen LogP contribution in [0.4, 0.5) is 5.69 Å². The molecule has 1 aromatic rings. The van der Waals surface area contributed by atoms with Gasteiger partial charge in [0.25, 0.3) is 11.6 Å². The highest BCUT2D eigenvalue weighted by Gasteiger charge is 2.24. The molecule has 1 saturated heterocycles. The molecule has 0 bridgehead atoms. The molecule has 2 atom stereocenters. The Bertz CT molecular complexity index is 539. The van der Waals surface area contributed by atoms with Gasteiger partial charge in [-0.25, -0.2) is 0 Å². The molecule has 2 unspecified atom stereocenters. The molecule has 2 N–H and O–H groups in total. The fourth-order valence-electron chi connectivity index (χ4n) is 2.23. The van der Waals surface area contributed by atoms with E-state index < -0.39 is 4.92 Å². The minimum atomic E-state index is -0.541. The number of piperidine rings is 1. The number of rotatable bonds is 3. The molecule has 116 valence electrons. The Labute approximate surface area is 133 Å². The summed E-state index contributed by atoms with van der Waals surface area (Å²) in [5, 5.41) is 16.9. The van der Waals surface area contributed by atoms with E-state index in [1.165, 1.54) is 18.2 Å². The van der Waals surface area contributed by atoms with Crippen molar-refractivity contribution >= 4 is 35.6 Å². The molecular formula is C13H17Cl2N3O3. The molecule has 1 aromatic carbocycles. The summed E-state index contributed by atoms with van der Waals surface area (Å²) in [5.74, 6) is 0.0856. The van der Waals surface area contributed by atoms with Crippen LogP contribution in [0.5, 0.6) is 0 Å². The average Bonchev–Trinajstić information content (AvgIpc) is 2.41. The van der Waals surface area contributed by atoms with Crippen LogP contribution >= 0.6 is 24.0 Å². The molecule has 0 aromatic heterocycles. The molecule has 0 spiro atoms.